The van der Waals surface area contributed by atoms with E-state index in [1.807, 2.05) is 26.8 Å². The Kier molecular flexibility index (Phi) is 4.49. The second kappa shape index (κ2) is 6.32. The molecule has 2 rings (SSSR count). The standard InChI is InChI=1S/C15H19N5O/c1-9(2)13-5-11(6-14(19-13)20-16)15(21)18-12-4-10(3)7-17-8-12/h4-9H,16H2,1-3H3,(H,18,21)(H,19,20). The van der Waals surface area contributed by atoms with Gasteiger partial charge in [0, 0.05) is 17.5 Å². The third-order valence-corrected chi connectivity index (χ3v) is 2.98. The van der Waals surface area contributed by atoms with Crippen molar-refractivity contribution in [3.05, 3.63) is 47.4 Å². The molecule has 21 heavy (non-hydrogen) atoms. The van der Waals surface area contributed by atoms with E-state index in [1.165, 1.54) is 0 Å². The molecule has 1 amide bonds. The van der Waals surface area contributed by atoms with Crippen LogP contribution in [0, 0.1) is 6.92 Å². The molecule has 6 nitrogen and oxygen atoms in total. The minimum Gasteiger partial charge on any atom is -0.321 e. The largest absolute Gasteiger partial charge is 0.321 e. The number of amides is 1. The number of nitrogen functional groups attached to an aromatic ring is 1. The summed E-state index contributed by atoms with van der Waals surface area (Å²) in [6.45, 7) is 5.94. The Morgan fingerprint density at radius 1 is 1.24 bits per heavy atom. The SMILES string of the molecule is Cc1cncc(NC(=O)c2cc(NN)nc(C(C)C)c2)c1. The van der Waals surface area contributed by atoms with E-state index in [4.69, 9.17) is 5.84 Å². The maximum Gasteiger partial charge on any atom is 0.255 e. The van der Waals surface area contributed by atoms with Crippen LogP contribution in [0.25, 0.3) is 0 Å². The molecule has 0 saturated carbocycles. The van der Waals surface area contributed by atoms with Crippen LogP contribution < -0.4 is 16.6 Å². The van der Waals surface area contributed by atoms with Crippen molar-refractivity contribution in [2.24, 2.45) is 5.84 Å². The molecule has 0 aliphatic heterocycles. The van der Waals surface area contributed by atoms with Gasteiger partial charge in [-0.2, -0.15) is 0 Å². The molecule has 6 heteroatoms. The maximum atomic E-state index is 12.3. The third-order valence-electron chi connectivity index (χ3n) is 2.98. The molecule has 2 aromatic heterocycles. The van der Waals surface area contributed by atoms with E-state index in [0.29, 0.717) is 17.1 Å². The average molecular weight is 285 g/mol. The number of nitrogens with one attached hydrogen (secondary N) is 2. The van der Waals surface area contributed by atoms with Crippen molar-refractivity contribution in [3.63, 3.8) is 0 Å². The van der Waals surface area contributed by atoms with Crippen LogP contribution in [0.5, 0.6) is 0 Å². The zero-order valence-corrected chi connectivity index (χ0v) is 12.3. The highest BCUT2D eigenvalue weighted by Gasteiger charge is 2.12. The number of pyridine rings is 2. The van der Waals surface area contributed by atoms with Crippen LogP contribution in [-0.4, -0.2) is 15.9 Å². The van der Waals surface area contributed by atoms with E-state index in [0.717, 1.165) is 11.3 Å². The number of nitrogens with two attached hydrogens (primary N) is 1. The van der Waals surface area contributed by atoms with Crippen molar-refractivity contribution >= 4 is 17.4 Å². The van der Waals surface area contributed by atoms with Crippen LogP contribution in [0.2, 0.25) is 0 Å². The lowest BCUT2D eigenvalue weighted by Gasteiger charge is -2.11. The van der Waals surface area contributed by atoms with Gasteiger partial charge in [-0.25, -0.2) is 10.8 Å². The number of rotatable bonds is 4. The Morgan fingerprint density at radius 3 is 2.62 bits per heavy atom. The van der Waals surface area contributed by atoms with Gasteiger partial charge in [0.25, 0.3) is 5.91 Å². The Labute approximate surface area is 123 Å². The number of hydrogen-bond donors (Lipinski definition) is 3. The summed E-state index contributed by atoms with van der Waals surface area (Å²) in [5.74, 6) is 5.85. The van der Waals surface area contributed by atoms with Crippen LogP contribution in [0.1, 0.15) is 41.4 Å². The van der Waals surface area contributed by atoms with Gasteiger partial charge < -0.3 is 10.7 Å². The topological polar surface area (TPSA) is 92.9 Å². The summed E-state index contributed by atoms with van der Waals surface area (Å²) in [7, 11) is 0. The van der Waals surface area contributed by atoms with E-state index in [2.05, 4.69) is 20.7 Å². The quantitative estimate of drug-likeness (QED) is 0.592. The molecule has 0 fully saturated rings. The van der Waals surface area contributed by atoms with Crippen molar-refractivity contribution in [1.82, 2.24) is 9.97 Å². The first-order chi connectivity index (χ1) is 9.99. The number of nitrogens with zero attached hydrogens (tertiary/aromatic N) is 2. The van der Waals surface area contributed by atoms with E-state index < -0.39 is 0 Å². The molecule has 0 saturated heterocycles. The van der Waals surface area contributed by atoms with Crippen molar-refractivity contribution in [3.8, 4) is 0 Å². The van der Waals surface area contributed by atoms with Gasteiger partial charge in [0.05, 0.1) is 11.9 Å². The molecular formula is C15H19N5O. The minimum atomic E-state index is -0.219. The highest BCUT2D eigenvalue weighted by atomic mass is 16.1. The Balaban J connectivity index is 2.28. The molecule has 0 aliphatic rings. The van der Waals surface area contributed by atoms with Gasteiger partial charge in [0.15, 0.2) is 0 Å². The molecule has 0 aromatic carbocycles. The predicted octanol–water partition coefficient (Wildman–Crippen LogP) is 2.45. The zero-order valence-electron chi connectivity index (χ0n) is 12.3. The highest BCUT2D eigenvalue weighted by Crippen LogP contribution is 2.18. The van der Waals surface area contributed by atoms with Crippen LogP contribution in [0.4, 0.5) is 11.5 Å². The minimum absolute atomic E-state index is 0.200. The van der Waals surface area contributed by atoms with Gasteiger partial charge in [0.2, 0.25) is 0 Å². The fourth-order valence-electron chi connectivity index (χ4n) is 1.88. The molecular weight excluding hydrogens is 266 g/mol. The first-order valence-corrected chi connectivity index (χ1v) is 6.71. The molecule has 0 aliphatic carbocycles. The van der Waals surface area contributed by atoms with Crippen LogP contribution in [-0.2, 0) is 0 Å². The Hall–Kier alpha value is -2.47. The van der Waals surface area contributed by atoms with E-state index >= 15 is 0 Å². The lowest BCUT2D eigenvalue weighted by molar-refractivity contribution is 0.102. The number of aromatic nitrogens is 2. The molecule has 2 heterocycles. The highest BCUT2D eigenvalue weighted by molar-refractivity contribution is 6.04. The average Bonchev–Trinajstić information content (AvgIpc) is 2.46. The normalized spacial score (nSPS) is 10.5. The van der Waals surface area contributed by atoms with Gasteiger partial charge in [0.1, 0.15) is 5.82 Å². The number of hydrazine groups is 1. The smallest absolute Gasteiger partial charge is 0.255 e. The number of hydrogen-bond acceptors (Lipinski definition) is 5. The molecule has 110 valence electrons. The second-order valence-electron chi connectivity index (χ2n) is 5.17. The van der Waals surface area contributed by atoms with Crippen LogP contribution in [0.15, 0.2) is 30.6 Å². The predicted molar refractivity (Wildman–Crippen MR) is 83.1 cm³/mol. The van der Waals surface area contributed by atoms with Gasteiger partial charge in [-0.1, -0.05) is 13.8 Å². The molecule has 0 bridgehead atoms. The Morgan fingerprint density at radius 2 is 2.00 bits per heavy atom. The summed E-state index contributed by atoms with van der Waals surface area (Å²) in [5.41, 5.74) is 5.43. The molecule has 0 atom stereocenters. The third kappa shape index (κ3) is 3.76. The number of carbonyl (C=O) groups excluding carboxylic acids is 1. The molecule has 0 spiro atoms. The molecule has 4 N–H and O–H groups in total. The van der Waals surface area contributed by atoms with Crippen molar-refractivity contribution in [2.75, 3.05) is 10.7 Å². The lowest BCUT2D eigenvalue weighted by Crippen LogP contribution is -2.16. The fourth-order valence-corrected chi connectivity index (χ4v) is 1.88. The number of anilines is 2. The lowest BCUT2D eigenvalue weighted by atomic mass is 10.1. The van der Waals surface area contributed by atoms with Gasteiger partial charge in [-0.15, -0.1) is 0 Å². The summed E-state index contributed by atoms with van der Waals surface area (Å²) in [6, 6.07) is 5.24. The maximum absolute atomic E-state index is 12.3. The first-order valence-electron chi connectivity index (χ1n) is 6.71. The van der Waals surface area contributed by atoms with Crippen molar-refractivity contribution < 1.29 is 4.79 Å². The summed E-state index contributed by atoms with van der Waals surface area (Å²) >= 11 is 0. The van der Waals surface area contributed by atoms with Gasteiger partial charge in [-0.3, -0.25) is 9.78 Å². The molecule has 0 radical (unpaired) electrons. The second-order valence-corrected chi connectivity index (χ2v) is 5.17. The summed E-state index contributed by atoms with van der Waals surface area (Å²) in [4.78, 5) is 20.7. The number of aryl methyl sites for hydroxylation is 1. The number of carbonyl (C=O) groups is 1. The van der Waals surface area contributed by atoms with Gasteiger partial charge >= 0.3 is 0 Å². The Bertz CT molecular complexity index is 654. The summed E-state index contributed by atoms with van der Waals surface area (Å²) in [6.07, 6.45) is 3.34. The fraction of sp³-hybridized carbons (Fsp3) is 0.267. The molecule has 0 unspecified atom stereocenters. The zero-order chi connectivity index (χ0) is 15.4. The van der Waals surface area contributed by atoms with E-state index in [1.54, 1.807) is 24.5 Å². The van der Waals surface area contributed by atoms with Crippen LogP contribution >= 0.6 is 0 Å². The summed E-state index contributed by atoms with van der Waals surface area (Å²) in [5, 5.41) is 2.82. The van der Waals surface area contributed by atoms with Gasteiger partial charge in [-0.05, 0) is 36.6 Å². The monoisotopic (exact) mass is 285 g/mol. The van der Waals surface area contributed by atoms with Crippen molar-refractivity contribution in [1.29, 1.82) is 0 Å². The first kappa shape index (κ1) is 14.9. The summed E-state index contributed by atoms with van der Waals surface area (Å²) < 4.78 is 0. The van der Waals surface area contributed by atoms with E-state index in [9.17, 15) is 4.79 Å². The van der Waals surface area contributed by atoms with E-state index in [-0.39, 0.29) is 11.8 Å². The molecule has 2 aromatic rings. The van der Waals surface area contributed by atoms with Crippen LogP contribution in [0.3, 0.4) is 0 Å². The van der Waals surface area contributed by atoms with Crippen molar-refractivity contribution in [2.45, 2.75) is 26.7 Å².